The van der Waals surface area contributed by atoms with E-state index >= 15 is 0 Å². The van der Waals surface area contributed by atoms with Crippen molar-refractivity contribution >= 4 is 12.4 Å². The Hall–Kier alpha value is -2.29. The van der Waals surface area contributed by atoms with Gasteiger partial charge in [-0.05, 0) is 42.1 Å². The standard InChI is InChI=1S/C28H31NO.ClH/c1-3-10-23(11-4-1)26(24-12-5-2-6-13-24)15-9-19-29-20-17-28(18-21-29)22-25-14-7-8-16-27(25)30-28;/h1-8,10-14,16,26H,9,15,17-22H2;1H. The van der Waals surface area contributed by atoms with Crippen molar-refractivity contribution in [3.05, 3.63) is 102 Å². The molecule has 0 N–H and O–H groups in total. The van der Waals surface area contributed by atoms with Crippen molar-refractivity contribution in [3.63, 3.8) is 0 Å². The zero-order valence-electron chi connectivity index (χ0n) is 18.1. The molecule has 1 spiro atoms. The lowest BCUT2D eigenvalue weighted by molar-refractivity contribution is 0.0190. The van der Waals surface area contributed by atoms with Gasteiger partial charge < -0.3 is 9.64 Å². The number of fused-ring (bicyclic) bond motifs is 1. The first-order chi connectivity index (χ1) is 14.8. The fourth-order valence-corrected chi connectivity index (χ4v) is 5.24. The number of halogens is 1. The van der Waals surface area contributed by atoms with Crippen molar-refractivity contribution in [2.75, 3.05) is 19.6 Å². The van der Waals surface area contributed by atoms with Gasteiger partial charge in [-0.25, -0.2) is 0 Å². The summed E-state index contributed by atoms with van der Waals surface area (Å²) in [6, 6.07) is 30.5. The van der Waals surface area contributed by atoms with E-state index in [1.807, 2.05) is 0 Å². The number of ether oxygens (including phenoxy) is 1. The molecule has 0 aromatic heterocycles. The van der Waals surface area contributed by atoms with E-state index in [1.54, 1.807) is 0 Å². The fourth-order valence-electron chi connectivity index (χ4n) is 5.24. The molecule has 0 radical (unpaired) electrons. The average Bonchev–Trinajstić information content (AvgIpc) is 3.17. The topological polar surface area (TPSA) is 12.5 Å². The van der Waals surface area contributed by atoms with Crippen LogP contribution in [0.2, 0.25) is 0 Å². The molecule has 3 heteroatoms. The van der Waals surface area contributed by atoms with E-state index in [-0.39, 0.29) is 18.0 Å². The molecule has 0 amide bonds. The molecular formula is C28H32ClNO. The Bertz CT molecular complexity index is 885. The minimum absolute atomic E-state index is 0. The molecule has 162 valence electrons. The molecule has 31 heavy (non-hydrogen) atoms. The molecule has 3 aromatic rings. The van der Waals surface area contributed by atoms with Gasteiger partial charge in [0.05, 0.1) is 0 Å². The van der Waals surface area contributed by atoms with Crippen LogP contribution in [0.4, 0.5) is 0 Å². The average molecular weight is 434 g/mol. The summed E-state index contributed by atoms with van der Waals surface area (Å²) in [5.74, 6) is 1.59. The quantitative estimate of drug-likeness (QED) is 0.440. The van der Waals surface area contributed by atoms with Crippen LogP contribution in [0.25, 0.3) is 0 Å². The third-order valence-electron chi connectivity index (χ3n) is 6.95. The van der Waals surface area contributed by atoms with Crippen LogP contribution in [0, 0.1) is 0 Å². The minimum Gasteiger partial charge on any atom is -0.487 e. The molecule has 0 atom stereocenters. The summed E-state index contributed by atoms with van der Waals surface area (Å²) < 4.78 is 6.42. The zero-order chi connectivity index (χ0) is 20.2. The highest BCUT2D eigenvalue weighted by molar-refractivity contribution is 5.85. The summed E-state index contributed by atoms with van der Waals surface area (Å²) in [5.41, 5.74) is 4.30. The number of likely N-dealkylation sites (tertiary alicyclic amines) is 1. The summed E-state index contributed by atoms with van der Waals surface area (Å²) in [6.45, 7) is 3.48. The van der Waals surface area contributed by atoms with Gasteiger partial charge in [-0.15, -0.1) is 12.4 Å². The van der Waals surface area contributed by atoms with Crippen molar-refractivity contribution in [3.8, 4) is 5.75 Å². The first-order valence-corrected chi connectivity index (χ1v) is 11.4. The van der Waals surface area contributed by atoms with Gasteiger partial charge in [0.2, 0.25) is 0 Å². The minimum atomic E-state index is 0. The van der Waals surface area contributed by atoms with Crippen LogP contribution in [-0.2, 0) is 6.42 Å². The third kappa shape index (κ3) is 4.97. The number of hydrogen-bond acceptors (Lipinski definition) is 2. The SMILES string of the molecule is Cl.c1ccc(C(CCCN2CCC3(CC2)Cc2ccccc2O3)c2ccccc2)cc1. The van der Waals surface area contributed by atoms with Crippen LogP contribution in [0.5, 0.6) is 5.75 Å². The van der Waals surface area contributed by atoms with Crippen LogP contribution in [-0.4, -0.2) is 30.1 Å². The number of piperidine rings is 1. The largest absolute Gasteiger partial charge is 0.487 e. The summed E-state index contributed by atoms with van der Waals surface area (Å²) in [4.78, 5) is 2.64. The summed E-state index contributed by atoms with van der Waals surface area (Å²) in [6.07, 6.45) is 5.78. The number of para-hydroxylation sites is 1. The second-order valence-corrected chi connectivity index (χ2v) is 8.93. The molecule has 2 nitrogen and oxygen atoms in total. The van der Waals surface area contributed by atoms with E-state index in [4.69, 9.17) is 4.74 Å². The molecule has 0 saturated carbocycles. The van der Waals surface area contributed by atoms with Gasteiger partial charge in [-0.2, -0.15) is 0 Å². The van der Waals surface area contributed by atoms with Crippen molar-refractivity contribution in [2.24, 2.45) is 0 Å². The Balaban J connectivity index is 0.00000231. The molecule has 3 aromatic carbocycles. The van der Waals surface area contributed by atoms with Gasteiger partial charge in [0.1, 0.15) is 11.4 Å². The molecule has 0 bridgehead atoms. The molecule has 2 aliphatic heterocycles. The maximum Gasteiger partial charge on any atom is 0.123 e. The molecule has 1 fully saturated rings. The van der Waals surface area contributed by atoms with Crippen molar-refractivity contribution < 1.29 is 4.74 Å². The summed E-state index contributed by atoms with van der Waals surface area (Å²) >= 11 is 0. The van der Waals surface area contributed by atoms with E-state index in [0.29, 0.717) is 5.92 Å². The van der Waals surface area contributed by atoms with E-state index in [0.717, 1.165) is 38.1 Å². The highest BCUT2D eigenvalue weighted by Crippen LogP contribution is 2.41. The van der Waals surface area contributed by atoms with Gasteiger partial charge in [-0.1, -0.05) is 78.9 Å². The fraction of sp³-hybridized carbons (Fsp3) is 0.357. The normalized spacial score (nSPS) is 17.2. The van der Waals surface area contributed by atoms with Gasteiger partial charge >= 0.3 is 0 Å². The first kappa shape index (κ1) is 21.9. The second kappa shape index (κ2) is 9.89. The maximum absolute atomic E-state index is 6.42. The number of nitrogens with zero attached hydrogens (tertiary/aromatic N) is 1. The number of benzene rings is 3. The molecule has 1 saturated heterocycles. The lowest BCUT2D eigenvalue weighted by Gasteiger charge is -2.38. The third-order valence-corrected chi connectivity index (χ3v) is 6.95. The Kier molecular flexibility index (Phi) is 6.99. The Morgan fingerprint density at radius 2 is 1.35 bits per heavy atom. The maximum atomic E-state index is 6.42. The van der Waals surface area contributed by atoms with E-state index in [2.05, 4.69) is 89.8 Å². The van der Waals surface area contributed by atoms with Crippen LogP contribution in [0.1, 0.15) is 48.3 Å². The molecule has 2 aliphatic rings. The van der Waals surface area contributed by atoms with Gasteiger partial charge in [0, 0.05) is 38.3 Å². The predicted octanol–water partition coefficient (Wildman–Crippen LogP) is 6.49. The van der Waals surface area contributed by atoms with E-state index < -0.39 is 0 Å². The highest BCUT2D eigenvalue weighted by atomic mass is 35.5. The molecular weight excluding hydrogens is 402 g/mol. The van der Waals surface area contributed by atoms with Crippen LogP contribution in [0.3, 0.4) is 0 Å². The Morgan fingerprint density at radius 3 is 1.97 bits per heavy atom. The lowest BCUT2D eigenvalue weighted by Crippen LogP contribution is -2.47. The second-order valence-electron chi connectivity index (χ2n) is 8.93. The predicted molar refractivity (Wildman–Crippen MR) is 130 cm³/mol. The van der Waals surface area contributed by atoms with Crippen LogP contribution in [0.15, 0.2) is 84.9 Å². The smallest absolute Gasteiger partial charge is 0.123 e. The van der Waals surface area contributed by atoms with E-state index in [1.165, 1.54) is 36.1 Å². The van der Waals surface area contributed by atoms with Gasteiger partial charge in [0.25, 0.3) is 0 Å². The Morgan fingerprint density at radius 1 is 0.774 bits per heavy atom. The lowest BCUT2D eigenvalue weighted by atomic mass is 9.86. The summed E-state index contributed by atoms with van der Waals surface area (Å²) in [5, 5.41) is 0. The van der Waals surface area contributed by atoms with Crippen molar-refractivity contribution in [1.29, 1.82) is 0 Å². The monoisotopic (exact) mass is 433 g/mol. The van der Waals surface area contributed by atoms with Crippen LogP contribution >= 0.6 is 12.4 Å². The number of hydrogen-bond donors (Lipinski definition) is 0. The highest BCUT2D eigenvalue weighted by Gasteiger charge is 2.41. The molecule has 0 unspecified atom stereocenters. The zero-order valence-corrected chi connectivity index (χ0v) is 18.9. The van der Waals surface area contributed by atoms with E-state index in [9.17, 15) is 0 Å². The number of rotatable bonds is 6. The molecule has 2 heterocycles. The van der Waals surface area contributed by atoms with Crippen molar-refractivity contribution in [1.82, 2.24) is 4.90 Å². The van der Waals surface area contributed by atoms with Crippen molar-refractivity contribution in [2.45, 2.75) is 43.6 Å². The van der Waals surface area contributed by atoms with Crippen LogP contribution < -0.4 is 4.74 Å². The Labute approximate surface area is 192 Å². The molecule has 0 aliphatic carbocycles. The molecule has 5 rings (SSSR count). The van der Waals surface area contributed by atoms with Gasteiger partial charge in [0.15, 0.2) is 0 Å². The summed E-state index contributed by atoms with van der Waals surface area (Å²) in [7, 11) is 0. The first-order valence-electron chi connectivity index (χ1n) is 11.4. The van der Waals surface area contributed by atoms with Gasteiger partial charge in [-0.3, -0.25) is 0 Å².